The lowest BCUT2D eigenvalue weighted by molar-refractivity contribution is 0.186. The Kier molecular flexibility index (Phi) is 7.11. The highest BCUT2D eigenvalue weighted by Crippen LogP contribution is 2.52. The number of hydrogen-bond acceptors (Lipinski definition) is 6. The van der Waals surface area contributed by atoms with Crippen molar-refractivity contribution >= 4 is 64.1 Å². The van der Waals surface area contributed by atoms with Gasteiger partial charge in [-0.3, -0.25) is 14.4 Å². The topological polar surface area (TPSA) is 102 Å². The van der Waals surface area contributed by atoms with Crippen LogP contribution in [0.15, 0.2) is 44.4 Å². The molecule has 0 unspecified atom stereocenters. The number of rotatable bonds is 5. The fraction of sp³-hybridized carbons (Fsp3) is 0.370. The number of piperidine rings is 1. The highest BCUT2D eigenvalue weighted by molar-refractivity contribution is 6.42. The first kappa shape index (κ1) is 26.8. The molecule has 2 aliphatic rings. The van der Waals surface area contributed by atoms with E-state index in [2.05, 4.69) is 21.6 Å². The van der Waals surface area contributed by atoms with E-state index in [1.165, 1.54) is 11.8 Å². The van der Waals surface area contributed by atoms with Crippen molar-refractivity contribution in [3.63, 3.8) is 0 Å². The molecule has 0 saturated carbocycles. The Morgan fingerprint density at radius 3 is 2.68 bits per heavy atom. The molecule has 5 rings (SSSR count). The minimum Gasteiger partial charge on any atom is -0.495 e. The van der Waals surface area contributed by atoms with Gasteiger partial charge in [0.15, 0.2) is 0 Å². The average molecular weight is 576 g/mol. The molecule has 11 heteroatoms. The van der Waals surface area contributed by atoms with E-state index in [9.17, 15) is 4.79 Å². The summed E-state index contributed by atoms with van der Waals surface area (Å²) in [5, 5.41) is 1.70. The number of benzene rings is 1. The highest BCUT2D eigenvalue weighted by atomic mass is 35.5. The number of ether oxygens (including phenoxy) is 1. The van der Waals surface area contributed by atoms with Crippen molar-refractivity contribution < 1.29 is 4.74 Å². The van der Waals surface area contributed by atoms with Gasteiger partial charge in [0.05, 0.1) is 22.6 Å². The Morgan fingerprint density at radius 2 is 2.05 bits per heavy atom. The maximum Gasteiger partial charge on any atom is 0.264 e. The van der Waals surface area contributed by atoms with E-state index in [4.69, 9.17) is 50.3 Å². The molecule has 0 bridgehead atoms. The number of aromatic nitrogens is 3. The Morgan fingerprint density at radius 1 is 1.34 bits per heavy atom. The molecule has 1 aliphatic heterocycles. The summed E-state index contributed by atoms with van der Waals surface area (Å²) in [7, 11) is 3.35. The molecule has 8 nitrogen and oxygen atoms in total. The number of methoxy groups -OCH3 is 1. The molecular weight excluding hydrogens is 547 g/mol. The SMILES string of the molecule is C=N/C=C(Cl)\C(=C(/C)Cl)c1c[nH]c2nc(N3CCC4(CC3)Cc3cc(OC)c(Cl)cc3[C@H]4N)n(C)c(=O)c12. The zero-order valence-corrected chi connectivity index (χ0v) is 23.7. The quantitative estimate of drug-likeness (QED) is 0.308. The summed E-state index contributed by atoms with van der Waals surface area (Å²) >= 11 is 19.2. The van der Waals surface area contributed by atoms with Crippen LogP contribution in [0.5, 0.6) is 5.75 Å². The van der Waals surface area contributed by atoms with Gasteiger partial charge in [-0.05, 0) is 61.6 Å². The molecule has 3 N–H and O–H groups in total. The number of H-pyrrole nitrogens is 1. The normalized spacial score (nSPS) is 19.6. The maximum atomic E-state index is 13.6. The second-order valence-corrected chi connectivity index (χ2v) is 11.3. The van der Waals surface area contributed by atoms with E-state index in [0.717, 1.165) is 37.9 Å². The lowest BCUT2D eigenvalue weighted by atomic mass is 9.73. The first-order chi connectivity index (χ1) is 18.1. The number of allylic oxidation sites excluding steroid dienone is 3. The molecule has 1 spiro atoms. The Labute approximate surface area is 235 Å². The first-order valence-corrected chi connectivity index (χ1v) is 13.4. The van der Waals surface area contributed by atoms with E-state index in [-0.39, 0.29) is 22.0 Å². The van der Waals surface area contributed by atoms with Crippen LogP contribution >= 0.6 is 34.8 Å². The van der Waals surface area contributed by atoms with Gasteiger partial charge in [0, 0.05) is 54.7 Å². The number of anilines is 1. The van der Waals surface area contributed by atoms with E-state index in [1.54, 1.807) is 31.8 Å². The van der Waals surface area contributed by atoms with Crippen LogP contribution in [0.25, 0.3) is 16.6 Å². The fourth-order valence-corrected chi connectivity index (χ4v) is 6.74. The molecule has 3 heterocycles. The second kappa shape index (κ2) is 10.1. The van der Waals surface area contributed by atoms with Crippen LogP contribution in [0.3, 0.4) is 0 Å². The lowest BCUT2D eigenvalue weighted by Gasteiger charge is -2.42. The monoisotopic (exact) mass is 574 g/mol. The molecule has 0 amide bonds. The van der Waals surface area contributed by atoms with Crippen LogP contribution in [0.2, 0.25) is 5.02 Å². The molecular formula is C27H29Cl3N6O2. The summed E-state index contributed by atoms with van der Waals surface area (Å²) in [5.74, 6) is 1.27. The molecule has 1 aromatic carbocycles. The van der Waals surface area contributed by atoms with E-state index >= 15 is 0 Å². The molecule has 1 atom stereocenters. The van der Waals surface area contributed by atoms with E-state index in [0.29, 0.717) is 43.9 Å². The summed E-state index contributed by atoms with van der Waals surface area (Å²) in [6.07, 6.45) is 5.69. The van der Waals surface area contributed by atoms with E-state index < -0.39 is 0 Å². The van der Waals surface area contributed by atoms with Gasteiger partial charge in [0.25, 0.3) is 5.56 Å². The number of nitrogens with zero attached hydrogens (tertiary/aromatic N) is 4. The van der Waals surface area contributed by atoms with E-state index in [1.807, 2.05) is 12.1 Å². The standard InChI is InChI=1S/C27H29Cl3N6O2/c1-14(28)21(19(30)13-32-2)17-12-33-24-22(17)25(37)35(3)26(34-24)36-7-5-27(6-8-36)11-15-9-20(38-4)18(29)10-16(15)23(27)31/h9-10,12-13,23,33H,2,5-8,11,31H2,1,3-4H3/b19-13+,21-14+/t23-/m1/s1. The number of aliphatic imine (C=N–C) groups is 1. The van der Waals surface area contributed by atoms with Gasteiger partial charge in [0.1, 0.15) is 11.4 Å². The van der Waals surface area contributed by atoms with Crippen LogP contribution in [0, 0.1) is 5.41 Å². The fourth-order valence-electron chi connectivity index (χ4n) is 5.92. The van der Waals surface area contributed by atoms with Crippen LogP contribution in [-0.4, -0.2) is 41.5 Å². The van der Waals surface area contributed by atoms with Crippen LogP contribution in [0.4, 0.5) is 5.95 Å². The van der Waals surface area contributed by atoms with Crippen molar-refractivity contribution in [3.05, 3.63) is 66.7 Å². The zero-order valence-electron chi connectivity index (χ0n) is 21.4. The predicted molar refractivity (Wildman–Crippen MR) is 156 cm³/mol. The van der Waals surface area contributed by atoms with Crippen molar-refractivity contribution in [1.82, 2.24) is 14.5 Å². The number of nitrogens with one attached hydrogen (secondary N) is 1. The van der Waals surface area contributed by atoms with Gasteiger partial charge in [-0.15, -0.1) is 0 Å². The summed E-state index contributed by atoms with van der Waals surface area (Å²) < 4.78 is 7.00. The van der Waals surface area contributed by atoms with Gasteiger partial charge in [-0.1, -0.05) is 34.8 Å². The number of aromatic amines is 1. The molecule has 0 radical (unpaired) electrons. The number of fused-ring (bicyclic) bond motifs is 2. The Hall–Kier alpha value is -2.78. The summed E-state index contributed by atoms with van der Waals surface area (Å²) in [6.45, 7) is 6.60. The molecule has 2 aromatic heterocycles. The Balaban J connectivity index is 1.45. The second-order valence-electron chi connectivity index (χ2n) is 9.96. The van der Waals surface area contributed by atoms with Crippen molar-refractivity contribution in [1.29, 1.82) is 0 Å². The first-order valence-electron chi connectivity index (χ1n) is 12.3. The molecule has 38 heavy (non-hydrogen) atoms. The molecule has 1 aliphatic carbocycles. The van der Waals surface area contributed by atoms with Gasteiger partial charge in [0.2, 0.25) is 5.95 Å². The molecule has 3 aromatic rings. The predicted octanol–water partition coefficient (Wildman–Crippen LogP) is 5.52. The third kappa shape index (κ3) is 4.24. The van der Waals surface area contributed by atoms with Crippen molar-refractivity contribution in [2.24, 2.45) is 23.2 Å². The lowest BCUT2D eigenvalue weighted by Crippen LogP contribution is -2.46. The molecule has 1 fully saturated rings. The molecule has 200 valence electrons. The number of nitrogens with two attached hydrogens (primary N) is 1. The largest absolute Gasteiger partial charge is 0.495 e. The van der Waals surface area contributed by atoms with Crippen LogP contribution in [0.1, 0.15) is 42.5 Å². The van der Waals surface area contributed by atoms with Gasteiger partial charge in [-0.2, -0.15) is 4.98 Å². The number of hydrogen-bond donors (Lipinski definition) is 2. The van der Waals surface area contributed by atoms with Crippen LogP contribution in [-0.2, 0) is 13.5 Å². The zero-order chi connectivity index (χ0) is 27.4. The minimum atomic E-state index is -0.195. The number of halogens is 3. The summed E-state index contributed by atoms with van der Waals surface area (Å²) in [6, 6.07) is 3.85. The van der Waals surface area contributed by atoms with Crippen LogP contribution < -0.4 is 20.9 Å². The minimum absolute atomic E-state index is 0.0725. The van der Waals surface area contributed by atoms with Crippen molar-refractivity contribution in [3.8, 4) is 5.75 Å². The van der Waals surface area contributed by atoms with Gasteiger partial charge >= 0.3 is 0 Å². The van der Waals surface area contributed by atoms with Gasteiger partial charge in [-0.25, -0.2) is 0 Å². The Bertz CT molecular complexity index is 1560. The van der Waals surface area contributed by atoms with Crippen molar-refractivity contribution in [2.75, 3.05) is 25.1 Å². The average Bonchev–Trinajstić information content (AvgIpc) is 3.41. The van der Waals surface area contributed by atoms with Crippen molar-refractivity contribution in [2.45, 2.75) is 32.2 Å². The molecule has 1 saturated heterocycles. The van der Waals surface area contributed by atoms with Gasteiger partial charge < -0.3 is 20.4 Å². The smallest absolute Gasteiger partial charge is 0.264 e. The third-order valence-electron chi connectivity index (χ3n) is 7.94. The summed E-state index contributed by atoms with van der Waals surface area (Å²) in [4.78, 5) is 27.4. The highest BCUT2D eigenvalue weighted by Gasteiger charge is 2.46. The maximum absolute atomic E-state index is 13.6. The summed E-state index contributed by atoms with van der Waals surface area (Å²) in [5.41, 5.74) is 10.4. The third-order valence-corrected chi connectivity index (χ3v) is 8.71.